The molecule has 3 rings (SSSR count). The first-order valence-electron chi connectivity index (χ1n) is 7.66. The summed E-state index contributed by atoms with van der Waals surface area (Å²) in [4.78, 5) is 4.19. The minimum absolute atomic E-state index is 0. The topological polar surface area (TPSA) is 77.3 Å². The molecule has 0 aliphatic carbocycles. The summed E-state index contributed by atoms with van der Waals surface area (Å²) >= 11 is 0. The molecule has 130 valence electrons. The SMILES string of the molecule is CN=C(NCc1ccco1)NCC1COC2(CCOCC2)O1.I. The van der Waals surface area contributed by atoms with Gasteiger partial charge in [-0.3, -0.25) is 4.99 Å². The first-order chi connectivity index (χ1) is 10.8. The summed E-state index contributed by atoms with van der Waals surface area (Å²) in [6.45, 7) is 3.25. The van der Waals surface area contributed by atoms with E-state index in [9.17, 15) is 0 Å². The van der Waals surface area contributed by atoms with Gasteiger partial charge in [-0.05, 0) is 12.1 Å². The fourth-order valence-electron chi connectivity index (χ4n) is 2.68. The number of nitrogens with zero attached hydrogens (tertiary/aromatic N) is 1. The molecule has 0 radical (unpaired) electrons. The average Bonchev–Trinajstić information content (AvgIpc) is 3.19. The van der Waals surface area contributed by atoms with Gasteiger partial charge in [0.15, 0.2) is 11.7 Å². The highest BCUT2D eigenvalue weighted by molar-refractivity contribution is 14.0. The van der Waals surface area contributed by atoms with Gasteiger partial charge in [-0.1, -0.05) is 0 Å². The lowest BCUT2D eigenvalue weighted by Crippen LogP contribution is -2.43. The highest BCUT2D eigenvalue weighted by Crippen LogP contribution is 2.32. The van der Waals surface area contributed by atoms with Crippen molar-refractivity contribution in [2.24, 2.45) is 4.99 Å². The summed E-state index contributed by atoms with van der Waals surface area (Å²) < 4.78 is 22.6. The molecule has 0 saturated carbocycles. The third-order valence-electron chi connectivity index (χ3n) is 3.90. The van der Waals surface area contributed by atoms with Crippen LogP contribution in [0.3, 0.4) is 0 Å². The molecule has 7 nitrogen and oxygen atoms in total. The van der Waals surface area contributed by atoms with Crippen molar-refractivity contribution in [1.29, 1.82) is 0 Å². The Morgan fingerprint density at radius 2 is 2.17 bits per heavy atom. The lowest BCUT2D eigenvalue weighted by atomic mass is 10.1. The highest BCUT2D eigenvalue weighted by atomic mass is 127. The molecule has 2 fully saturated rings. The Kier molecular flexibility index (Phi) is 7.12. The van der Waals surface area contributed by atoms with Crippen LogP contribution in [0.25, 0.3) is 0 Å². The Labute approximate surface area is 153 Å². The molecule has 1 atom stereocenters. The normalized spacial score (nSPS) is 23.5. The summed E-state index contributed by atoms with van der Waals surface area (Å²) in [6, 6.07) is 3.79. The minimum atomic E-state index is -0.435. The van der Waals surface area contributed by atoms with Crippen LogP contribution in [0.5, 0.6) is 0 Å². The molecule has 3 heterocycles. The molecule has 2 aliphatic rings. The molecule has 2 saturated heterocycles. The van der Waals surface area contributed by atoms with E-state index in [1.54, 1.807) is 13.3 Å². The second kappa shape index (κ2) is 8.86. The van der Waals surface area contributed by atoms with Gasteiger partial charge < -0.3 is 29.3 Å². The molecule has 0 amide bonds. The Balaban J connectivity index is 0.00000192. The fraction of sp³-hybridized carbons (Fsp3) is 0.667. The van der Waals surface area contributed by atoms with E-state index < -0.39 is 5.79 Å². The van der Waals surface area contributed by atoms with Gasteiger partial charge in [0.05, 0.1) is 32.6 Å². The number of furan rings is 1. The zero-order valence-electron chi connectivity index (χ0n) is 13.2. The van der Waals surface area contributed by atoms with E-state index in [0.717, 1.165) is 18.6 Å². The fourth-order valence-corrected chi connectivity index (χ4v) is 2.68. The number of aliphatic imine (C=N–C) groups is 1. The summed E-state index contributed by atoms with van der Waals surface area (Å²) in [5.74, 6) is 1.15. The minimum Gasteiger partial charge on any atom is -0.467 e. The maximum atomic E-state index is 6.07. The number of hydrogen-bond donors (Lipinski definition) is 2. The zero-order valence-corrected chi connectivity index (χ0v) is 15.6. The quantitative estimate of drug-likeness (QED) is 0.423. The van der Waals surface area contributed by atoms with Crippen LogP contribution in [-0.4, -0.2) is 51.3 Å². The molecule has 1 unspecified atom stereocenters. The van der Waals surface area contributed by atoms with Crippen molar-refractivity contribution < 1.29 is 18.6 Å². The van der Waals surface area contributed by atoms with Crippen molar-refractivity contribution in [3.05, 3.63) is 24.2 Å². The first kappa shape index (κ1) is 18.5. The summed E-state index contributed by atoms with van der Waals surface area (Å²) in [5, 5.41) is 6.45. The number of hydrogen-bond acceptors (Lipinski definition) is 5. The maximum absolute atomic E-state index is 6.07. The van der Waals surface area contributed by atoms with Gasteiger partial charge in [0.1, 0.15) is 11.9 Å². The summed E-state index contributed by atoms with van der Waals surface area (Å²) in [6.07, 6.45) is 3.29. The lowest BCUT2D eigenvalue weighted by molar-refractivity contribution is -0.210. The Morgan fingerprint density at radius 1 is 1.35 bits per heavy atom. The van der Waals surface area contributed by atoms with Crippen molar-refractivity contribution in [1.82, 2.24) is 10.6 Å². The standard InChI is InChI=1S/C15H23N3O4.HI/c1-16-14(17-9-12-3-2-6-20-12)18-10-13-11-21-15(22-13)4-7-19-8-5-15;/h2-3,6,13H,4-5,7-11H2,1H3,(H2,16,17,18);1H. The number of ether oxygens (including phenoxy) is 3. The van der Waals surface area contributed by atoms with E-state index in [4.69, 9.17) is 18.6 Å². The van der Waals surface area contributed by atoms with E-state index >= 15 is 0 Å². The number of guanidine groups is 1. The summed E-state index contributed by atoms with van der Waals surface area (Å²) in [7, 11) is 1.74. The molecule has 1 aromatic heterocycles. The average molecular weight is 437 g/mol. The molecule has 8 heteroatoms. The third-order valence-corrected chi connectivity index (χ3v) is 3.90. The van der Waals surface area contributed by atoms with E-state index in [2.05, 4.69) is 15.6 Å². The van der Waals surface area contributed by atoms with Gasteiger partial charge in [0.25, 0.3) is 0 Å². The lowest BCUT2D eigenvalue weighted by Gasteiger charge is -2.31. The number of halogens is 1. The van der Waals surface area contributed by atoms with Gasteiger partial charge >= 0.3 is 0 Å². The zero-order chi connectivity index (χ0) is 15.3. The van der Waals surface area contributed by atoms with Crippen LogP contribution >= 0.6 is 24.0 Å². The smallest absolute Gasteiger partial charge is 0.191 e. The molecule has 23 heavy (non-hydrogen) atoms. The van der Waals surface area contributed by atoms with Gasteiger partial charge in [-0.15, -0.1) is 24.0 Å². The summed E-state index contributed by atoms with van der Waals surface area (Å²) in [5.41, 5.74) is 0. The molecule has 2 N–H and O–H groups in total. The van der Waals surface area contributed by atoms with Crippen LogP contribution in [0.2, 0.25) is 0 Å². The van der Waals surface area contributed by atoms with Crippen LogP contribution in [-0.2, 0) is 20.8 Å². The van der Waals surface area contributed by atoms with E-state index in [-0.39, 0.29) is 30.1 Å². The predicted molar refractivity (Wildman–Crippen MR) is 95.9 cm³/mol. The Hall–Kier alpha value is -0.840. The van der Waals surface area contributed by atoms with Gasteiger partial charge in [0, 0.05) is 26.4 Å². The van der Waals surface area contributed by atoms with Crippen LogP contribution in [0.15, 0.2) is 27.8 Å². The predicted octanol–water partition coefficient (Wildman–Crippen LogP) is 1.48. The van der Waals surface area contributed by atoms with Crippen molar-refractivity contribution in [2.45, 2.75) is 31.3 Å². The second-order valence-corrected chi connectivity index (χ2v) is 5.46. The van der Waals surface area contributed by atoms with Gasteiger partial charge in [-0.2, -0.15) is 0 Å². The van der Waals surface area contributed by atoms with Crippen molar-refractivity contribution in [2.75, 3.05) is 33.4 Å². The van der Waals surface area contributed by atoms with Crippen molar-refractivity contribution >= 4 is 29.9 Å². The van der Waals surface area contributed by atoms with Gasteiger partial charge in [0.2, 0.25) is 0 Å². The van der Waals surface area contributed by atoms with Crippen LogP contribution in [0.4, 0.5) is 0 Å². The molecule has 0 aromatic carbocycles. The van der Waals surface area contributed by atoms with E-state index in [1.807, 2.05) is 12.1 Å². The molecular formula is C15H24IN3O4. The molecule has 2 aliphatic heterocycles. The molecule has 1 aromatic rings. The van der Waals surface area contributed by atoms with Gasteiger partial charge in [-0.25, -0.2) is 0 Å². The molecular weight excluding hydrogens is 413 g/mol. The van der Waals surface area contributed by atoms with Crippen molar-refractivity contribution in [3.8, 4) is 0 Å². The molecule has 1 spiro atoms. The number of nitrogens with one attached hydrogen (secondary N) is 2. The van der Waals surface area contributed by atoms with Crippen molar-refractivity contribution in [3.63, 3.8) is 0 Å². The monoisotopic (exact) mass is 437 g/mol. The molecule has 0 bridgehead atoms. The Bertz CT molecular complexity index is 489. The maximum Gasteiger partial charge on any atom is 0.191 e. The second-order valence-electron chi connectivity index (χ2n) is 5.46. The Morgan fingerprint density at radius 3 is 2.87 bits per heavy atom. The third kappa shape index (κ3) is 5.07. The largest absolute Gasteiger partial charge is 0.467 e. The number of rotatable bonds is 4. The van der Waals surface area contributed by atoms with Crippen LogP contribution in [0.1, 0.15) is 18.6 Å². The van der Waals surface area contributed by atoms with Crippen LogP contribution in [0, 0.1) is 0 Å². The first-order valence-corrected chi connectivity index (χ1v) is 7.66. The highest BCUT2D eigenvalue weighted by Gasteiger charge is 2.42. The van der Waals surface area contributed by atoms with Crippen LogP contribution < -0.4 is 10.6 Å². The van der Waals surface area contributed by atoms with E-state index in [0.29, 0.717) is 38.9 Å². The van der Waals surface area contributed by atoms with E-state index in [1.165, 1.54) is 0 Å².